The van der Waals surface area contributed by atoms with E-state index in [1.54, 1.807) is 12.1 Å². The van der Waals surface area contributed by atoms with E-state index in [9.17, 15) is 27.7 Å². The molecule has 1 N–H and O–H groups in total. The molecule has 11 heteroatoms. The first-order valence-electron chi connectivity index (χ1n) is 10.1. The van der Waals surface area contributed by atoms with Crippen LogP contribution in [0, 0.1) is 15.9 Å². The third-order valence-corrected chi connectivity index (χ3v) is 6.20. The van der Waals surface area contributed by atoms with Crippen molar-refractivity contribution in [3.05, 3.63) is 99.9 Å². The van der Waals surface area contributed by atoms with Crippen molar-refractivity contribution >= 4 is 21.7 Å². The van der Waals surface area contributed by atoms with E-state index >= 15 is 0 Å². The van der Waals surface area contributed by atoms with Crippen LogP contribution in [0.15, 0.2) is 77.7 Å². The Kier molecular flexibility index (Phi) is 7.59. The van der Waals surface area contributed by atoms with Crippen molar-refractivity contribution in [1.29, 1.82) is 0 Å². The molecule has 0 fully saturated rings. The van der Waals surface area contributed by atoms with Crippen LogP contribution in [0.3, 0.4) is 0 Å². The quantitative estimate of drug-likeness (QED) is 0.279. The third-order valence-electron chi connectivity index (χ3n) is 4.95. The molecule has 3 aromatic carbocycles. The first-order valence-corrected chi connectivity index (χ1v) is 11.5. The molecule has 0 aromatic heterocycles. The number of non-ortho nitro benzene ring substituents is 1. The van der Waals surface area contributed by atoms with Gasteiger partial charge in [0.2, 0.25) is 0 Å². The van der Waals surface area contributed by atoms with Crippen LogP contribution in [0.2, 0.25) is 0 Å². The molecule has 3 aromatic rings. The second-order valence-electron chi connectivity index (χ2n) is 7.56. The second kappa shape index (κ2) is 10.4. The van der Waals surface area contributed by atoms with Crippen molar-refractivity contribution in [1.82, 2.24) is 10.2 Å². The van der Waals surface area contributed by atoms with Crippen molar-refractivity contribution in [3.8, 4) is 5.75 Å². The molecular weight excluding hydrogens is 465 g/mol. The van der Waals surface area contributed by atoms with E-state index in [1.807, 2.05) is 19.0 Å². The molecule has 0 spiro atoms. The summed E-state index contributed by atoms with van der Waals surface area (Å²) in [6.45, 7) is 0.217. The third kappa shape index (κ3) is 6.15. The van der Waals surface area contributed by atoms with Gasteiger partial charge in [-0.2, -0.15) is 8.42 Å². The Morgan fingerprint density at radius 1 is 1.09 bits per heavy atom. The molecule has 0 aliphatic rings. The van der Waals surface area contributed by atoms with Gasteiger partial charge in [0, 0.05) is 24.2 Å². The number of amides is 1. The molecule has 1 amide bonds. The minimum absolute atomic E-state index is 0.0611. The molecule has 0 heterocycles. The molecule has 0 radical (unpaired) electrons. The lowest BCUT2D eigenvalue weighted by atomic mass is 10.1. The Labute approximate surface area is 196 Å². The largest absolute Gasteiger partial charge is 0.379 e. The van der Waals surface area contributed by atoms with Gasteiger partial charge in [0.1, 0.15) is 16.5 Å². The number of nitro benzene ring substituents is 1. The van der Waals surface area contributed by atoms with Gasteiger partial charge in [-0.05, 0) is 62.1 Å². The van der Waals surface area contributed by atoms with Crippen LogP contribution in [-0.2, 0) is 10.1 Å². The van der Waals surface area contributed by atoms with Crippen LogP contribution in [0.1, 0.15) is 22.0 Å². The van der Waals surface area contributed by atoms with Gasteiger partial charge < -0.3 is 14.4 Å². The smallest absolute Gasteiger partial charge is 0.339 e. The first kappa shape index (κ1) is 24.8. The molecule has 0 saturated carbocycles. The van der Waals surface area contributed by atoms with Crippen LogP contribution in [-0.4, -0.2) is 44.8 Å². The van der Waals surface area contributed by atoms with Gasteiger partial charge in [0.15, 0.2) is 0 Å². The van der Waals surface area contributed by atoms with Gasteiger partial charge in [-0.15, -0.1) is 0 Å². The minimum Gasteiger partial charge on any atom is -0.379 e. The molecule has 0 bridgehead atoms. The van der Waals surface area contributed by atoms with E-state index in [1.165, 1.54) is 54.6 Å². The Balaban J connectivity index is 1.67. The van der Waals surface area contributed by atoms with Crippen molar-refractivity contribution in [2.45, 2.75) is 10.9 Å². The lowest BCUT2D eigenvalue weighted by Crippen LogP contribution is -2.34. The van der Waals surface area contributed by atoms with Crippen molar-refractivity contribution in [2.75, 3.05) is 20.6 Å². The summed E-state index contributed by atoms with van der Waals surface area (Å²) in [6.07, 6.45) is 0. The van der Waals surface area contributed by atoms with Gasteiger partial charge >= 0.3 is 10.1 Å². The fourth-order valence-electron chi connectivity index (χ4n) is 3.19. The van der Waals surface area contributed by atoms with Crippen LogP contribution in [0.25, 0.3) is 0 Å². The molecule has 1 atom stereocenters. The molecule has 0 aliphatic heterocycles. The summed E-state index contributed by atoms with van der Waals surface area (Å²) in [7, 11) is -0.679. The Hall–Kier alpha value is -3.83. The zero-order valence-corrected chi connectivity index (χ0v) is 19.2. The van der Waals surface area contributed by atoms with E-state index in [4.69, 9.17) is 4.18 Å². The number of nitro groups is 1. The molecule has 9 nitrogen and oxygen atoms in total. The summed E-state index contributed by atoms with van der Waals surface area (Å²) in [5.41, 5.74) is 0.586. The summed E-state index contributed by atoms with van der Waals surface area (Å²) >= 11 is 0. The summed E-state index contributed by atoms with van der Waals surface area (Å²) in [6, 6.07) is 15.7. The number of carbonyl (C=O) groups is 1. The van der Waals surface area contributed by atoms with E-state index in [0.29, 0.717) is 5.56 Å². The molecular formula is C23H22FN3O6S. The molecule has 3 rings (SSSR count). The van der Waals surface area contributed by atoms with Gasteiger partial charge in [-0.3, -0.25) is 14.9 Å². The summed E-state index contributed by atoms with van der Waals surface area (Å²) < 4.78 is 43.5. The van der Waals surface area contributed by atoms with Gasteiger partial charge in [0.05, 0.1) is 11.0 Å². The number of nitrogens with zero attached hydrogens (tertiary/aromatic N) is 2. The number of likely N-dealkylation sites (N-methyl/N-ethyl adjacent to an activating group) is 1. The highest BCUT2D eigenvalue weighted by Crippen LogP contribution is 2.23. The van der Waals surface area contributed by atoms with Gasteiger partial charge in [-0.1, -0.05) is 18.2 Å². The highest BCUT2D eigenvalue weighted by atomic mass is 32.2. The van der Waals surface area contributed by atoms with Crippen LogP contribution in [0.5, 0.6) is 5.75 Å². The van der Waals surface area contributed by atoms with Gasteiger partial charge in [0.25, 0.3) is 11.6 Å². The molecule has 1 unspecified atom stereocenters. The Morgan fingerprint density at radius 2 is 1.76 bits per heavy atom. The van der Waals surface area contributed by atoms with Crippen LogP contribution >= 0.6 is 0 Å². The van der Waals surface area contributed by atoms with Crippen LogP contribution < -0.4 is 9.50 Å². The number of halogens is 1. The maximum atomic E-state index is 13.6. The van der Waals surface area contributed by atoms with E-state index < -0.39 is 20.9 Å². The second-order valence-corrected chi connectivity index (χ2v) is 9.11. The average Bonchev–Trinajstić information content (AvgIpc) is 2.79. The lowest BCUT2D eigenvalue weighted by Gasteiger charge is -2.25. The predicted octanol–water partition coefficient (Wildman–Crippen LogP) is 3.53. The van der Waals surface area contributed by atoms with E-state index in [2.05, 4.69) is 5.32 Å². The highest BCUT2D eigenvalue weighted by molar-refractivity contribution is 7.87. The maximum absolute atomic E-state index is 13.6. The average molecular weight is 488 g/mol. The molecule has 0 aliphatic carbocycles. The molecule has 34 heavy (non-hydrogen) atoms. The van der Waals surface area contributed by atoms with Crippen molar-refractivity contribution < 1.29 is 26.7 Å². The topological polar surface area (TPSA) is 119 Å². The van der Waals surface area contributed by atoms with Crippen molar-refractivity contribution in [3.63, 3.8) is 0 Å². The number of nitrogens with one attached hydrogen (secondary N) is 1. The normalized spacial score (nSPS) is 12.2. The predicted molar refractivity (Wildman–Crippen MR) is 123 cm³/mol. The fourth-order valence-corrected chi connectivity index (χ4v) is 4.16. The highest BCUT2D eigenvalue weighted by Gasteiger charge is 2.21. The number of hydrogen-bond acceptors (Lipinski definition) is 7. The van der Waals surface area contributed by atoms with Gasteiger partial charge in [-0.25, -0.2) is 4.39 Å². The Morgan fingerprint density at radius 3 is 2.38 bits per heavy atom. The standard InChI is InChI=1S/C23H22FN3O6S/c1-26(2)22(17-5-3-6-18(24)13-17)15-25-23(28)16-9-11-20(12-10-16)33-34(31,32)21-8-4-7-19(14-21)27(29)30/h3-14,22H,15H2,1-2H3,(H,25,28). The van der Waals surface area contributed by atoms with Crippen LogP contribution in [0.4, 0.5) is 10.1 Å². The molecule has 178 valence electrons. The SMILES string of the molecule is CN(C)C(CNC(=O)c1ccc(OS(=O)(=O)c2cccc([N+](=O)[O-])c2)cc1)c1cccc(F)c1. The zero-order chi connectivity index (χ0) is 24.9. The summed E-state index contributed by atoms with van der Waals surface area (Å²) in [4.78, 5) is 24.2. The maximum Gasteiger partial charge on any atom is 0.339 e. The lowest BCUT2D eigenvalue weighted by molar-refractivity contribution is -0.385. The fraction of sp³-hybridized carbons (Fsp3) is 0.174. The number of carbonyl (C=O) groups excluding carboxylic acids is 1. The monoisotopic (exact) mass is 487 g/mol. The number of benzene rings is 3. The van der Waals surface area contributed by atoms with E-state index in [-0.39, 0.29) is 40.3 Å². The summed E-state index contributed by atoms with van der Waals surface area (Å²) in [5, 5.41) is 13.7. The first-order chi connectivity index (χ1) is 16.1. The molecule has 0 saturated heterocycles. The van der Waals surface area contributed by atoms with Crippen molar-refractivity contribution in [2.24, 2.45) is 0 Å². The van der Waals surface area contributed by atoms with E-state index in [0.717, 1.165) is 6.07 Å². The number of hydrogen-bond donors (Lipinski definition) is 1. The summed E-state index contributed by atoms with van der Waals surface area (Å²) in [5.74, 6) is -0.836. The minimum atomic E-state index is -4.31. The Bertz CT molecular complexity index is 1300. The number of rotatable bonds is 9. The zero-order valence-electron chi connectivity index (χ0n) is 18.3.